The first-order chi connectivity index (χ1) is 7.31. The first kappa shape index (κ1) is 15.7. The minimum Gasteiger partial charge on any atom is -0.377 e. The Morgan fingerprint density at radius 2 is 1.88 bits per heavy atom. The Labute approximate surface area is 94.5 Å². The Hall–Kier alpha value is -0.330. The summed E-state index contributed by atoms with van der Waals surface area (Å²) in [5.41, 5.74) is 2.42. The number of alkyl halides is 3. The maximum atomic E-state index is 12.1. The van der Waals surface area contributed by atoms with E-state index in [1.807, 2.05) is 20.8 Å². The summed E-state index contributed by atoms with van der Waals surface area (Å²) in [6, 6.07) is -0.471. The number of hydrogen-bond donors (Lipinski definition) is 2. The molecular weight excluding hydrogens is 221 g/mol. The lowest BCUT2D eigenvalue weighted by Crippen LogP contribution is -2.48. The summed E-state index contributed by atoms with van der Waals surface area (Å²) in [6.45, 7) is 6.08. The second-order valence-corrected chi connectivity index (χ2v) is 4.09. The van der Waals surface area contributed by atoms with Gasteiger partial charge in [-0.1, -0.05) is 13.8 Å². The fourth-order valence-corrected chi connectivity index (χ4v) is 1.63. The van der Waals surface area contributed by atoms with Gasteiger partial charge in [0.2, 0.25) is 0 Å². The van der Waals surface area contributed by atoms with Gasteiger partial charge in [0.25, 0.3) is 0 Å². The van der Waals surface area contributed by atoms with E-state index in [2.05, 4.69) is 5.43 Å². The number of halogens is 3. The van der Waals surface area contributed by atoms with Crippen molar-refractivity contribution in [1.29, 1.82) is 0 Å². The van der Waals surface area contributed by atoms with E-state index in [1.165, 1.54) is 0 Å². The van der Waals surface area contributed by atoms with Gasteiger partial charge >= 0.3 is 6.18 Å². The molecule has 2 atom stereocenters. The summed E-state index contributed by atoms with van der Waals surface area (Å²) in [5, 5.41) is 0. The minimum absolute atomic E-state index is 0.0666. The Balaban J connectivity index is 4.31. The fourth-order valence-electron chi connectivity index (χ4n) is 1.63. The van der Waals surface area contributed by atoms with Gasteiger partial charge in [-0.3, -0.25) is 11.3 Å². The average Bonchev–Trinajstić information content (AvgIpc) is 2.15. The predicted octanol–water partition coefficient (Wildman–Crippen LogP) is 2.22. The molecule has 0 saturated carbocycles. The third kappa shape index (κ3) is 6.30. The quantitative estimate of drug-likeness (QED) is 0.531. The van der Waals surface area contributed by atoms with E-state index in [1.54, 1.807) is 0 Å². The summed E-state index contributed by atoms with van der Waals surface area (Å²) in [7, 11) is 0. The van der Waals surface area contributed by atoms with Crippen LogP contribution < -0.4 is 11.3 Å². The van der Waals surface area contributed by atoms with Gasteiger partial charge in [0.15, 0.2) is 0 Å². The molecule has 16 heavy (non-hydrogen) atoms. The van der Waals surface area contributed by atoms with Crippen molar-refractivity contribution in [3.63, 3.8) is 0 Å². The van der Waals surface area contributed by atoms with E-state index in [0.29, 0.717) is 6.61 Å². The molecule has 0 spiro atoms. The van der Waals surface area contributed by atoms with E-state index < -0.39 is 18.6 Å². The maximum absolute atomic E-state index is 12.1. The van der Waals surface area contributed by atoms with Crippen LogP contribution in [0.4, 0.5) is 13.2 Å². The van der Waals surface area contributed by atoms with Crippen molar-refractivity contribution in [3.8, 4) is 0 Å². The Morgan fingerprint density at radius 3 is 2.19 bits per heavy atom. The van der Waals surface area contributed by atoms with Crippen LogP contribution in [0.15, 0.2) is 0 Å². The topological polar surface area (TPSA) is 47.3 Å². The normalized spacial score (nSPS) is 16.5. The summed E-state index contributed by atoms with van der Waals surface area (Å²) in [4.78, 5) is 0. The van der Waals surface area contributed by atoms with E-state index in [4.69, 9.17) is 10.6 Å². The first-order valence-corrected chi connectivity index (χ1v) is 5.46. The molecule has 3 nitrogen and oxygen atoms in total. The third-order valence-electron chi connectivity index (χ3n) is 2.37. The predicted molar refractivity (Wildman–Crippen MR) is 56.7 cm³/mol. The molecule has 0 heterocycles. The Morgan fingerprint density at radius 1 is 1.31 bits per heavy atom. The van der Waals surface area contributed by atoms with E-state index in [-0.39, 0.29) is 18.4 Å². The molecule has 0 fully saturated rings. The zero-order valence-electron chi connectivity index (χ0n) is 9.97. The Bertz CT molecular complexity index is 185. The van der Waals surface area contributed by atoms with Crippen LogP contribution in [0.2, 0.25) is 0 Å². The maximum Gasteiger partial charge on any atom is 0.389 e. The van der Waals surface area contributed by atoms with Gasteiger partial charge in [0, 0.05) is 19.1 Å². The van der Waals surface area contributed by atoms with Crippen LogP contribution in [0.3, 0.4) is 0 Å². The molecule has 0 bridgehead atoms. The molecule has 0 aliphatic carbocycles. The molecule has 0 rings (SSSR count). The zero-order chi connectivity index (χ0) is 12.8. The molecule has 0 aromatic rings. The SMILES string of the molecule is CCOC(C(C)C)C(CCC(F)(F)F)NN. The lowest BCUT2D eigenvalue weighted by atomic mass is 9.96. The van der Waals surface area contributed by atoms with Gasteiger partial charge in [-0.05, 0) is 19.3 Å². The molecule has 0 aliphatic heterocycles. The van der Waals surface area contributed by atoms with Crippen LogP contribution in [0, 0.1) is 5.92 Å². The van der Waals surface area contributed by atoms with Crippen molar-refractivity contribution in [2.24, 2.45) is 11.8 Å². The summed E-state index contributed by atoms with van der Waals surface area (Å²) < 4.78 is 41.7. The molecular formula is C10H21F3N2O. The van der Waals surface area contributed by atoms with Crippen molar-refractivity contribution >= 4 is 0 Å². The zero-order valence-corrected chi connectivity index (χ0v) is 9.97. The van der Waals surface area contributed by atoms with Crippen LogP contribution in [0.1, 0.15) is 33.6 Å². The number of nitrogens with two attached hydrogens (primary N) is 1. The molecule has 98 valence electrons. The van der Waals surface area contributed by atoms with Crippen molar-refractivity contribution in [2.75, 3.05) is 6.61 Å². The number of rotatable bonds is 7. The molecule has 0 aromatic heterocycles. The molecule has 2 unspecified atom stereocenters. The monoisotopic (exact) mass is 242 g/mol. The van der Waals surface area contributed by atoms with Crippen molar-refractivity contribution in [2.45, 2.75) is 51.9 Å². The van der Waals surface area contributed by atoms with Gasteiger partial charge in [0.1, 0.15) is 0 Å². The number of hydrogen-bond acceptors (Lipinski definition) is 3. The van der Waals surface area contributed by atoms with Crippen molar-refractivity contribution < 1.29 is 17.9 Å². The van der Waals surface area contributed by atoms with E-state index in [9.17, 15) is 13.2 Å². The number of nitrogens with one attached hydrogen (secondary N) is 1. The second-order valence-electron chi connectivity index (χ2n) is 4.09. The van der Waals surface area contributed by atoms with Gasteiger partial charge < -0.3 is 4.74 Å². The fraction of sp³-hybridized carbons (Fsp3) is 1.00. The lowest BCUT2D eigenvalue weighted by molar-refractivity contribution is -0.139. The molecule has 0 aliphatic rings. The van der Waals surface area contributed by atoms with Crippen LogP contribution in [-0.2, 0) is 4.74 Å². The smallest absolute Gasteiger partial charge is 0.377 e. The number of hydrazine groups is 1. The molecule has 0 saturated heterocycles. The average molecular weight is 242 g/mol. The molecule has 0 amide bonds. The molecule has 3 N–H and O–H groups in total. The highest BCUT2D eigenvalue weighted by atomic mass is 19.4. The molecule has 0 radical (unpaired) electrons. The summed E-state index contributed by atoms with van der Waals surface area (Å²) in [6.07, 6.45) is -5.36. The molecule has 6 heteroatoms. The summed E-state index contributed by atoms with van der Waals surface area (Å²) in [5.74, 6) is 5.39. The minimum atomic E-state index is -4.15. The third-order valence-corrected chi connectivity index (χ3v) is 2.37. The second kappa shape index (κ2) is 7.09. The Kier molecular flexibility index (Phi) is 6.94. The van der Waals surface area contributed by atoms with Crippen LogP contribution in [-0.4, -0.2) is 24.9 Å². The van der Waals surface area contributed by atoms with Crippen LogP contribution in [0.5, 0.6) is 0 Å². The highest BCUT2D eigenvalue weighted by Gasteiger charge is 2.31. The van der Waals surface area contributed by atoms with E-state index >= 15 is 0 Å². The van der Waals surface area contributed by atoms with Crippen LogP contribution in [0.25, 0.3) is 0 Å². The highest BCUT2D eigenvalue weighted by molar-refractivity contribution is 4.78. The van der Waals surface area contributed by atoms with Crippen LogP contribution >= 0.6 is 0 Å². The first-order valence-electron chi connectivity index (χ1n) is 5.46. The van der Waals surface area contributed by atoms with Crippen molar-refractivity contribution in [3.05, 3.63) is 0 Å². The standard InChI is InChI=1S/C10H21F3N2O/c1-4-16-9(7(2)3)8(15-14)5-6-10(11,12)13/h7-9,15H,4-6,14H2,1-3H3. The summed E-state index contributed by atoms with van der Waals surface area (Å²) >= 11 is 0. The largest absolute Gasteiger partial charge is 0.389 e. The van der Waals surface area contributed by atoms with Gasteiger partial charge in [0.05, 0.1) is 6.10 Å². The van der Waals surface area contributed by atoms with Gasteiger partial charge in [-0.25, -0.2) is 0 Å². The van der Waals surface area contributed by atoms with Gasteiger partial charge in [-0.15, -0.1) is 0 Å². The van der Waals surface area contributed by atoms with Crippen molar-refractivity contribution in [1.82, 2.24) is 5.43 Å². The van der Waals surface area contributed by atoms with Gasteiger partial charge in [-0.2, -0.15) is 13.2 Å². The van der Waals surface area contributed by atoms with E-state index in [0.717, 1.165) is 0 Å². The number of ether oxygens (including phenoxy) is 1. The lowest BCUT2D eigenvalue weighted by Gasteiger charge is -2.29. The molecule has 0 aromatic carbocycles. The highest BCUT2D eigenvalue weighted by Crippen LogP contribution is 2.24.